The highest BCUT2D eigenvalue weighted by Gasteiger charge is 2.18. The molecule has 1 aromatic carbocycles. The fraction of sp³-hybridized carbons (Fsp3) is 0.600. The third-order valence-corrected chi connectivity index (χ3v) is 3.80. The van der Waals surface area contributed by atoms with Gasteiger partial charge >= 0.3 is 0 Å². The van der Waals surface area contributed by atoms with Crippen molar-refractivity contribution in [1.82, 2.24) is 5.32 Å². The number of halogens is 2. The van der Waals surface area contributed by atoms with E-state index in [1.807, 2.05) is 13.1 Å². The topological polar surface area (TPSA) is 12.0 Å². The maximum Gasteiger partial charge on any atom is 0.127 e. The van der Waals surface area contributed by atoms with Crippen molar-refractivity contribution < 1.29 is 4.39 Å². The van der Waals surface area contributed by atoms with Crippen molar-refractivity contribution in [2.75, 3.05) is 13.6 Å². The van der Waals surface area contributed by atoms with Crippen LogP contribution < -0.4 is 5.32 Å². The molecule has 1 nitrogen and oxygen atoms in total. The zero-order valence-corrected chi connectivity index (χ0v) is 12.5. The van der Waals surface area contributed by atoms with E-state index in [-0.39, 0.29) is 11.2 Å². The van der Waals surface area contributed by atoms with Gasteiger partial charge in [-0.1, -0.05) is 31.5 Å². The van der Waals surface area contributed by atoms with Crippen LogP contribution in [-0.4, -0.2) is 13.6 Å². The van der Waals surface area contributed by atoms with Crippen LogP contribution in [-0.2, 0) is 6.42 Å². The summed E-state index contributed by atoms with van der Waals surface area (Å²) in [5.41, 5.74) is 1.99. The Morgan fingerprint density at radius 2 is 1.94 bits per heavy atom. The molecule has 0 heterocycles. The molecule has 0 fully saturated rings. The second-order valence-corrected chi connectivity index (χ2v) is 6.12. The molecule has 0 saturated carbocycles. The highest BCUT2D eigenvalue weighted by molar-refractivity contribution is 6.31. The number of rotatable bonds is 6. The second kappa shape index (κ2) is 6.53. The number of aryl methyl sites for hydroxylation is 2. The summed E-state index contributed by atoms with van der Waals surface area (Å²) >= 11 is 6.08. The standard InChI is InChI=1S/C15H23ClFN/c1-11-9-12(13(16)10-14(11)17)5-6-15(2,3)7-8-18-4/h9-10,18H,5-8H2,1-4H3. The van der Waals surface area contributed by atoms with Gasteiger partial charge < -0.3 is 5.32 Å². The molecular formula is C15H23ClFN. The van der Waals surface area contributed by atoms with Crippen molar-refractivity contribution in [3.8, 4) is 0 Å². The predicted octanol–water partition coefficient (Wildman–Crippen LogP) is 4.36. The first-order chi connectivity index (χ1) is 8.35. The fourth-order valence-electron chi connectivity index (χ4n) is 1.97. The second-order valence-electron chi connectivity index (χ2n) is 5.71. The summed E-state index contributed by atoms with van der Waals surface area (Å²) in [6.07, 6.45) is 3.08. The van der Waals surface area contributed by atoms with Gasteiger partial charge in [0.15, 0.2) is 0 Å². The normalized spacial score (nSPS) is 11.9. The quantitative estimate of drug-likeness (QED) is 0.811. The van der Waals surface area contributed by atoms with Crippen molar-refractivity contribution in [2.24, 2.45) is 5.41 Å². The lowest BCUT2D eigenvalue weighted by Gasteiger charge is -2.24. The van der Waals surface area contributed by atoms with Crippen LogP contribution in [0.1, 0.15) is 37.8 Å². The first kappa shape index (κ1) is 15.5. The zero-order chi connectivity index (χ0) is 13.8. The van der Waals surface area contributed by atoms with Gasteiger partial charge in [0.2, 0.25) is 0 Å². The Bertz CT molecular complexity index is 402. The highest BCUT2D eigenvalue weighted by Crippen LogP contribution is 2.29. The predicted molar refractivity (Wildman–Crippen MR) is 76.8 cm³/mol. The molecule has 1 rings (SSSR count). The largest absolute Gasteiger partial charge is 0.320 e. The first-order valence-corrected chi connectivity index (χ1v) is 6.82. The molecule has 0 bridgehead atoms. The minimum atomic E-state index is -0.224. The number of hydrogen-bond donors (Lipinski definition) is 1. The maximum atomic E-state index is 13.3. The average molecular weight is 272 g/mol. The van der Waals surface area contributed by atoms with Crippen LogP contribution in [0.2, 0.25) is 5.02 Å². The molecule has 0 aliphatic heterocycles. The van der Waals surface area contributed by atoms with Crippen molar-refractivity contribution in [3.63, 3.8) is 0 Å². The van der Waals surface area contributed by atoms with Crippen molar-refractivity contribution >= 4 is 11.6 Å². The molecule has 0 aliphatic rings. The minimum absolute atomic E-state index is 0.224. The summed E-state index contributed by atoms with van der Waals surface area (Å²) in [6.45, 7) is 7.31. The molecule has 0 radical (unpaired) electrons. The Morgan fingerprint density at radius 3 is 2.56 bits per heavy atom. The molecule has 18 heavy (non-hydrogen) atoms. The van der Waals surface area contributed by atoms with E-state index in [4.69, 9.17) is 11.6 Å². The SMILES string of the molecule is CNCCC(C)(C)CCc1cc(C)c(F)cc1Cl. The molecule has 1 N–H and O–H groups in total. The van der Waals surface area contributed by atoms with E-state index in [1.165, 1.54) is 6.07 Å². The first-order valence-electron chi connectivity index (χ1n) is 6.45. The molecule has 0 amide bonds. The van der Waals surface area contributed by atoms with Gasteiger partial charge in [0.05, 0.1) is 0 Å². The van der Waals surface area contributed by atoms with E-state index in [1.54, 1.807) is 6.92 Å². The maximum absolute atomic E-state index is 13.3. The van der Waals surface area contributed by atoms with Crippen LogP contribution >= 0.6 is 11.6 Å². The van der Waals surface area contributed by atoms with E-state index in [0.29, 0.717) is 10.6 Å². The Hall–Kier alpha value is -0.600. The van der Waals surface area contributed by atoms with Gasteiger partial charge in [-0.2, -0.15) is 0 Å². The monoisotopic (exact) mass is 271 g/mol. The van der Waals surface area contributed by atoms with Crippen LogP contribution in [0.25, 0.3) is 0 Å². The lowest BCUT2D eigenvalue weighted by molar-refractivity contribution is 0.305. The molecule has 1 aromatic rings. The molecule has 0 saturated heterocycles. The summed E-state index contributed by atoms with van der Waals surface area (Å²) in [7, 11) is 1.97. The van der Waals surface area contributed by atoms with Gasteiger partial charge in [-0.25, -0.2) is 4.39 Å². The molecule has 0 unspecified atom stereocenters. The average Bonchev–Trinajstić information content (AvgIpc) is 2.30. The Balaban J connectivity index is 2.66. The molecular weight excluding hydrogens is 249 g/mol. The third kappa shape index (κ3) is 4.58. The van der Waals surface area contributed by atoms with E-state index in [0.717, 1.165) is 31.4 Å². The number of hydrogen-bond acceptors (Lipinski definition) is 1. The van der Waals surface area contributed by atoms with E-state index in [9.17, 15) is 4.39 Å². The lowest BCUT2D eigenvalue weighted by atomic mass is 9.83. The Morgan fingerprint density at radius 1 is 1.28 bits per heavy atom. The van der Waals surface area contributed by atoms with Gasteiger partial charge in [-0.15, -0.1) is 0 Å². The van der Waals surface area contributed by atoms with E-state index >= 15 is 0 Å². The number of benzene rings is 1. The van der Waals surface area contributed by atoms with Crippen molar-refractivity contribution in [1.29, 1.82) is 0 Å². The van der Waals surface area contributed by atoms with E-state index < -0.39 is 0 Å². The molecule has 0 aromatic heterocycles. The molecule has 3 heteroatoms. The van der Waals surface area contributed by atoms with Gasteiger partial charge in [0.25, 0.3) is 0 Å². The van der Waals surface area contributed by atoms with Gasteiger partial charge in [0, 0.05) is 5.02 Å². The molecule has 0 aliphatic carbocycles. The highest BCUT2D eigenvalue weighted by atomic mass is 35.5. The minimum Gasteiger partial charge on any atom is -0.320 e. The fourth-order valence-corrected chi connectivity index (χ4v) is 2.21. The molecule has 102 valence electrons. The lowest BCUT2D eigenvalue weighted by Crippen LogP contribution is -2.20. The molecule has 0 atom stereocenters. The smallest absolute Gasteiger partial charge is 0.127 e. The Kier molecular flexibility index (Phi) is 5.61. The van der Waals surface area contributed by atoms with Crippen LogP contribution in [0, 0.1) is 18.2 Å². The van der Waals surface area contributed by atoms with Crippen LogP contribution in [0.4, 0.5) is 4.39 Å². The summed E-state index contributed by atoms with van der Waals surface area (Å²) in [5, 5.41) is 3.72. The summed E-state index contributed by atoms with van der Waals surface area (Å²) in [6, 6.07) is 3.29. The summed E-state index contributed by atoms with van der Waals surface area (Å²) in [4.78, 5) is 0. The van der Waals surface area contributed by atoms with Crippen molar-refractivity contribution in [3.05, 3.63) is 34.1 Å². The van der Waals surface area contributed by atoms with Crippen molar-refractivity contribution in [2.45, 2.75) is 40.0 Å². The van der Waals surface area contributed by atoms with Crippen LogP contribution in [0.5, 0.6) is 0 Å². The van der Waals surface area contributed by atoms with Crippen LogP contribution in [0.15, 0.2) is 12.1 Å². The summed E-state index contributed by atoms with van der Waals surface area (Å²) < 4.78 is 13.3. The zero-order valence-electron chi connectivity index (χ0n) is 11.7. The van der Waals surface area contributed by atoms with E-state index in [2.05, 4.69) is 19.2 Å². The summed E-state index contributed by atoms with van der Waals surface area (Å²) in [5.74, 6) is -0.224. The van der Waals surface area contributed by atoms with Gasteiger partial charge in [0.1, 0.15) is 5.82 Å². The van der Waals surface area contributed by atoms with Crippen LogP contribution in [0.3, 0.4) is 0 Å². The Labute approximate surface area is 115 Å². The third-order valence-electron chi connectivity index (χ3n) is 3.45. The van der Waals surface area contributed by atoms with Gasteiger partial charge in [-0.05, 0) is 62.4 Å². The number of nitrogens with one attached hydrogen (secondary N) is 1. The van der Waals surface area contributed by atoms with Gasteiger partial charge in [-0.3, -0.25) is 0 Å². The molecule has 0 spiro atoms.